The summed E-state index contributed by atoms with van der Waals surface area (Å²) >= 11 is 0. The molecule has 0 aromatic heterocycles. The molecule has 2 bridgehead atoms. The summed E-state index contributed by atoms with van der Waals surface area (Å²) in [6.45, 7) is 6.22. The number of nitrogens with zero attached hydrogens (tertiary/aromatic N) is 1. The number of ether oxygens (including phenoxy) is 1. The quantitative estimate of drug-likeness (QED) is 0.919. The van der Waals surface area contributed by atoms with E-state index in [4.69, 9.17) is 4.74 Å². The van der Waals surface area contributed by atoms with E-state index in [2.05, 4.69) is 23.1 Å². The number of aliphatic hydroxyl groups excluding tert-OH is 1. The van der Waals surface area contributed by atoms with Gasteiger partial charge in [-0.15, -0.1) is 0 Å². The smallest absolute Gasteiger partial charge is 0.119 e. The summed E-state index contributed by atoms with van der Waals surface area (Å²) in [6, 6.07) is 8.10. The van der Waals surface area contributed by atoms with Crippen molar-refractivity contribution >= 4 is 6.08 Å². The number of aliphatic hydroxyl groups is 1. The highest BCUT2D eigenvalue weighted by molar-refractivity contribution is 5.55. The van der Waals surface area contributed by atoms with Crippen LogP contribution in [0.5, 0.6) is 5.75 Å². The fourth-order valence-corrected chi connectivity index (χ4v) is 3.16. The van der Waals surface area contributed by atoms with E-state index in [-0.39, 0.29) is 12.2 Å². The van der Waals surface area contributed by atoms with E-state index in [1.54, 1.807) is 0 Å². The van der Waals surface area contributed by atoms with E-state index in [0.29, 0.717) is 5.92 Å². The normalized spacial score (nSPS) is 27.4. The monoisotopic (exact) mass is 273 g/mol. The standard InChI is InChI=1S/C17H23NO2/c1-12(2)20-15-5-3-13(4-6-15)11-16-17(19)14-7-9-18(16)10-8-14/h3-6,11-12,14,17,19H,7-10H2,1-2H3/b16-11+/t17-/m1/s1. The summed E-state index contributed by atoms with van der Waals surface area (Å²) in [5, 5.41) is 10.4. The number of fused-ring (bicyclic) bond motifs is 3. The Morgan fingerprint density at radius 3 is 2.40 bits per heavy atom. The molecule has 3 heterocycles. The Hall–Kier alpha value is -1.48. The minimum atomic E-state index is -0.288. The molecule has 4 rings (SSSR count). The molecule has 3 aliphatic rings. The van der Waals surface area contributed by atoms with Crippen molar-refractivity contribution in [3.05, 3.63) is 35.5 Å². The van der Waals surface area contributed by atoms with Crippen molar-refractivity contribution in [2.75, 3.05) is 13.1 Å². The van der Waals surface area contributed by atoms with E-state index in [1.807, 2.05) is 26.0 Å². The van der Waals surface area contributed by atoms with Crippen molar-refractivity contribution in [3.8, 4) is 5.75 Å². The molecule has 0 unspecified atom stereocenters. The molecule has 3 nitrogen and oxygen atoms in total. The number of rotatable bonds is 3. The second-order valence-electron chi connectivity index (χ2n) is 6.07. The first kappa shape index (κ1) is 13.5. The first-order valence-electron chi connectivity index (χ1n) is 7.55. The average molecular weight is 273 g/mol. The van der Waals surface area contributed by atoms with Crippen molar-refractivity contribution in [1.82, 2.24) is 4.90 Å². The van der Waals surface area contributed by atoms with Gasteiger partial charge in [-0.1, -0.05) is 12.1 Å². The first-order valence-corrected chi connectivity index (χ1v) is 7.55. The molecule has 20 heavy (non-hydrogen) atoms. The molecule has 0 saturated carbocycles. The Kier molecular flexibility index (Phi) is 3.70. The zero-order valence-corrected chi connectivity index (χ0v) is 12.2. The van der Waals surface area contributed by atoms with Gasteiger partial charge in [0.15, 0.2) is 0 Å². The maximum Gasteiger partial charge on any atom is 0.119 e. The minimum Gasteiger partial charge on any atom is -0.491 e. The second-order valence-corrected chi connectivity index (χ2v) is 6.07. The van der Waals surface area contributed by atoms with Crippen molar-refractivity contribution in [2.45, 2.75) is 38.9 Å². The lowest BCUT2D eigenvalue weighted by Gasteiger charge is -2.45. The van der Waals surface area contributed by atoms with Gasteiger partial charge in [0.25, 0.3) is 0 Å². The van der Waals surface area contributed by atoms with Crippen LogP contribution in [0.2, 0.25) is 0 Å². The maximum atomic E-state index is 10.4. The summed E-state index contributed by atoms with van der Waals surface area (Å²) in [5.41, 5.74) is 2.22. The molecular formula is C17H23NO2. The van der Waals surface area contributed by atoms with Crippen LogP contribution >= 0.6 is 0 Å². The molecule has 0 radical (unpaired) electrons. The van der Waals surface area contributed by atoms with Crippen molar-refractivity contribution < 1.29 is 9.84 Å². The zero-order chi connectivity index (χ0) is 14.1. The summed E-state index contributed by atoms with van der Waals surface area (Å²) in [7, 11) is 0. The molecule has 3 heteroatoms. The lowest BCUT2D eigenvalue weighted by Crippen LogP contribution is -2.48. The Morgan fingerprint density at radius 1 is 1.20 bits per heavy atom. The molecule has 1 aromatic carbocycles. The lowest BCUT2D eigenvalue weighted by atomic mass is 9.83. The molecular weight excluding hydrogens is 250 g/mol. The fourth-order valence-electron chi connectivity index (χ4n) is 3.16. The highest BCUT2D eigenvalue weighted by atomic mass is 16.5. The molecule has 1 atom stereocenters. The summed E-state index contributed by atoms with van der Waals surface area (Å²) in [4.78, 5) is 2.32. The molecule has 0 aliphatic carbocycles. The lowest BCUT2D eigenvalue weighted by molar-refractivity contribution is 0.0215. The molecule has 1 aromatic rings. The molecule has 3 fully saturated rings. The molecule has 3 aliphatic heterocycles. The van der Waals surface area contributed by atoms with Gasteiger partial charge in [0.2, 0.25) is 0 Å². The summed E-state index contributed by atoms with van der Waals surface area (Å²) in [6.07, 6.45) is 4.28. The predicted molar refractivity (Wildman–Crippen MR) is 80.5 cm³/mol. The van der Waals surface area contributed by atoms with Crippen LogP contribution < -0.4 is 4.74 Å². The fraction of sp³-hybridized carbons (Fsp3) is 0.529. The van der Waals surface area contributed by atoms with Gasteiger partial charge in [0.05, 0.1) is 12.2 Å². The Balaban J connectivity index is 1.78. The molecule has 1 N–H and O–H groups in total. The van der Waals surface area contributed by atoms with Gasteiger partial charge >= 0.3 is 0 Å². The second kappa shape index (κ2) is 5.49. The molecule has 3 saturated heterocycles. The molecule has 0 amide bonds. The van der Waals surface area contributed by atoms with Crippen LogP contribution in [-0.4, -0.2) is 35.3 Å². The summed E-state index contributed by atoms with van der Waals surface area (Å²) in [5.74, 6) is 1.35. The van der Waals surface area contributed by atoms with E-state index in [9.17, 15) is 5.11 Å². The molecule has 0 spiro atoms. The highest BCUT2D eigenvalue weighted by Crippen LogP contribution is 2.35. The van der Waals surface area contributed by atoms with Crippen LogP contribution in [-0.2, 0) is 0 Å². The van der Waals surface area contributed by atoms with Crippen molar-refractivity contribution in [3.63, 3.8) is 0 Å². The van der Waals surface area contributed by atoms with Crippen LogP contribution in [0.3, 0.4) is 0 Å². The van der Waals surface area contributed by atoms with Crippen LogP contribution in [0.1, 0.15) is 32.3 Å². The summed E-state index contributed by atoms with van der Waals surface area (Å²) < 4.78 is 5.65. The third-order valence-electron chi connectivity index (χ3n) is 4.22. The number of hydrogen-bond donors (Lipinski definition) is 1. The zero-order valence-electron chi connectivity index (χ0n) is 12.2. The van der Waals surface area contributed by atoms with Gasteiger partial charge in [-0.25, -0.2) is 0 Å². The van der Waals surface area contributed by atoms with E-state index in [0.717, 1.165) is 42.9 Å². The minimum absolute atomic E-state index is 0.196. The first-order chi connectivity index (χ1) is 9.63. The Morgan fingerprint density at radius 2 is 1.85 bits per heavy atom. The number of hydrogen-bond acceptors (Lipinski definition) is 3. The van der Waals surface area contributed by atoms with Crippen molar-refractivity contribution in [2.24, 2.45) is 5.92 Å². The SMILES string of the molecule is CC(C)Oc1ccc(/C=C2\[C@H](O)C3CCN2CC3)cc1. The number of piperidine rings is 3. The number of benzene rings is 1. The van der Waals surface area contributed by atoms with Crippen LogP contribution in [0.25, 0.3) is 6.08 Å². The van der Waals surface area contributed by atoms with Crippen LogP contribution in [0.15, 0.2) is 30.0 Å². The van der Waals surface area contributed by atoms with Gasteiger partial charge in [-0.05, 0) is 56.4 Å². The highest BCUT2D eigenvalue weighted by Gasteiger charge is 2.36. The van der Waals surface area contributed by atoms with Crippen LogP contribution in [0, 0.1) is 5.92 Å². The third kappa shape index (κ3) is 2.68. The van der Waals surface area contributed by atoms with Gasteiger partial charge < -0.3 is 14.7 Å². The average Bonchev–Trinajstić information content (AvgIpc) is 2.44. The van der Waals surface area contributed by atoms with E-state index >= 15 is 0 Å². The van der Waals surface area contributed by atoms with Crippen molar-refractivity contribution in [1.29, 1.82) is 0 Å². The van der Waals surface area contributed by atoms with E-state index in [1.165, 1.54) is 0 Å². The van der Waals surface area contributed by atoms with Gasteiger partial charge in [-0.2, -0.15) is 0 Å². The van der Waals surface area contributed by atoms with Gasteiger partial charge in [-0.3, -0.25) is 0 Å². The van der Waals surface area contributed by atoms with Crippen LogP contribution in [0.4, 0.5) is 0 Å². The van der Waals surface area contributed by atoms with Gasteiger partial charge in [0.1, 0.15) is 5.75 Å². The maximum absolute atomic E-state index is 10.4. The van der Waals surface area contributed by atoms with Gasteiger partial charge in [0, 0.05) is 18.8 Å². The topological polar surface area (TPSA) is 32.7 Å². The Bertz CT molecular complexity index is 480. The third-order valence-corrected chi connectivity index (χ3v) is 4.22. The Labute approximate surface area is 120 Å². The molecule has 108 valence electrons. The van der Waals surface area contributed by atoms with E-state index < -0.39 is 0 Å². The predicted octanol–water partition coefficient (Wildman–Crippen LogP) is 2.90. The largest absolute Gasteiger partial charge is 0.491 e.